The monoisotopic (exact) mass is 324 g/mol. The third kappa shape index (κ3) is 2.70. The van der Waals surface area contributed by atoms with Gasteiger partial charge in [-0.25, -0.2) is 0 Å². The minimum absolute atomic E-state index is 0.164. The normalized spacial score (nSPS) is 17.1. The molecule has 2 aromatic rings. The maximum Gasteiger partial charge on any atom is 0.291 e. The highest BCUT2D eigenvalue weighted by atomic mass is 16.3. The highest BCUT2D eigenvalue weighted by molar-refractivity contribution is 6.03. The molecule has 2 aliphatic rings. The van der Waals surface area contributed by atoms with Crippen molar-refractivity contribution in [1.29, 1.82) is 0 Å². The lowest BCUT2D eigenvalue weighted by Crippen LogP contribution is -2.33. The lowest BCUT2D eigenvalue weighted by Gasteiger charge is -2.21. The van der Waals surface area contributed by atoms with Crippen LogP contribution >= 0.6 is 0 Å². The Labute approximate surface area is 140 Å². The summed E-state index contributed by atoms with van der Waals surface area (Å²) in [5.41, 5.74) is 2.78. The molecule has 5 heteroatoms. The molecule has 1 aromatic heterocycles. The van der Waals surface area contributed by atoms with E-state index in [2.05, 4.69) is 5.32 Å². The summed E-state index contributed by atoms with van der Waals surface area (Å²) in [6.45, 7) is 0.736. The van der Waals surface area contributed by atoms with Crippen molar-refractivity contribution in [2.45, 2.75) is 32.1 Å². The predicted octanol–water partition coefficient (Wildman–Crippen LogP) is 3.61. The van der Waals surface area contributed by atoms with Crippen LogP contribution in [0.5, 0.6) is 0 Å². The highest BCUT2D eigenvalue weighted by Crippen LogP contribution is 2.35. The molecule has 0 radical (unpaired) electrons. The second-order valence-corrected chi connectivity index (χ2v) is 6.50. The van der Waals surface area contributed by atoms with E-state index in [1.807, 2.05) is 23.1 Å². The van der Waals surface area contributed by atoms with Crippen LogP contribution in [-0.4, -0.2) is 18.4 Å². The number of fused-ring (bicyclic) bond motifs is 1. The first-order chi connectivity index (χ1) is 11.7. The van der Waals surface area contributed by atoms with Gasteiger partial charge in [0.25, 0.3) is 5.91 Å². The molecule has 0 spiro atoms. The minimum atomic E-state index is -0.286. The number of hydrogen-bond donors (Lipinski definition) is 1. The van der Waals surface area contributed by atoms with E-state index in [0.717, 1.165) is 49.9 Å². The maximum absolute atomic E-state index is 12.8. The zero-order valence-electron chi connectivity index (χ0n) is 13.5. The van der Waals surface area contributed by atoms with Gasteiger partial charge in [-0.05, 0) is 49.1 Å². The Morgan fingerprint density at radius 3 is 2.75 bits per heavy atom. The fraction of sp³-hybridized carbons (Fsp3) is 0.368. The van der Waals surface area contributed by atoms with E-state index in [1.165, 1.54) is 6.26 Å². The maximum atomic E-state index is 12.8. The predicted molar refractivity (Wildman–Crippen MR) is 91.1 cm³/mol. The van der Waals surface area contributed by atoms with Crippen molar-refractivity contribution in [3.63, 3.8) is 0 Å². The topological polar surface area (TPSA) is 62.6 Å². The number of rotatable bonds is 3. The van der Waals surface area contributed by atoms with E-state index < -0.39 is 0 Å². The first-order valence-electron chi connectivity index (χ1n) is 8.51. The quantitative estimate of drug-likeness (QED) is 0.938. The molecule has 2 heterocycles. The van der Waals surface area contributed by atoms with Gasteiger partial charge >= 0.3 is 0 Å². The van der Waals surface area contributed by atoms with Crippen LogP contribution in [0.1, 0.15) is 41.8 Å². The van der Waals surface area contributed by atoms with E-state index in [9.17, 15) is 9.59 Å². The van der Waals surface area contributed by atoms with Gasteiger partial charge in [0.05, 0.1) is 6.26 Å². The Balaban J connectivity index is 1.54. The minimum Gasteiger partial charge on any atom is -0.459 e. The molecule has 4 rings (SSSR count). The van der Waals surface area contributed by atoms with Gasteiger partial charge in [0, 0.05) is 23.8 Å². The van der Waals surface area contributed by atoms with Gasteiger partial charge in [-0.15, -0.1) is 0 Å². The second kappa shape index (κ2) is 6.15. The molecule has 1 aromatic carbocycles. The molecule has 1 aliphatic heterocycles. The number of nitrogens with zero attached hydrogens (tertiary/aromatic N) is 1. The lowest BCUT2D eigenvalue weighted by atomic mass is 10.1. The fourth-order valence-electron chi connectivity index (χ4n) is 3.68. The highest BCUT2D eigenvalue weighted by Gasteiger charge is 2.32. The van der Waals surface area contributed by atoms with Crippen molar-refractivity contribution in [3.8, 4) is 0 Å². The fourth-order valence-corrected chi connectivity index (χ4v) is 3.68. The van der Waals surface area contributed by atoms with Gasteiger partial charge in [0.2, 0.25) is 5.91 Å². The van der Waals surface area contributed by atoms with Gasteiger partial charge in [0.15, 0.2) is 5.76 Å². The van der Waals surface area contributed by atoms with Gasteiger partial charge in [-0.3, -0.25) is 9.59 Å². The summed E-state index contributed by atoms with van der Waals surface area (Å²) in [5.74, 6) is 0.388. The summed E-state index contributed by atoms with van der Waals surface area (Å²) in [4.78, 5) is 26.8. The lowest BCUT2D eigenvalue weighted by molar-refractivity contribution is -0.122. The summed E-state index contributed by atoms with van der Waals surface area (Å²) in [6.07, 6.45) is 6.64. The largest absolute Gasteiger partial charge is 0.459 e. The number of carbonyl (C=O) groups is 2. The van der Waals surface area contributed by atoms with Gasteiger partial charge in [-0.1, -0.05) is 18.9 Å². The zero-order chi connectivity index (χ0) is 16.5. The smallest absolute Gasteiger partial charge is 0.291 e. The van der Waals surface area contributed by atoms with Crippen molar-refractivity contribution in [3.05, 3.63) is 47.9 Å². The summed E-state index contributed by atoms with van der Waals surface area (Å²) in [5, 5.41) is 2.83. The molecule has 0 saturated heterocycles. The molecule has 0 unspecified atom stereocenters. The van der Waals surface area contributed by atoms with Crippen LogP contribution < -0.4 is 10.2 Å². The number of hydrogen-bond acceptors (Lipinski definition) is 3. The number of carbonyl (C=O) groups excluding carboxylic acids is 2. The third-order valence-corrected chi connectivity index (χ3v) is 4.95. The van der Waals surface area contributed by atoms with E-state index >= 15 is 0 Å². The van der Waals surface area contributed by atoms with E-state index in [4.69, 9.17) is 4.42 Å². The van der Waals surface area contributed by atoms with E-state index in [-0.39, 0.29) is 23.5 Å². The Hall–Kier alpha value is -2.56. The van der Waals surface area contributed by atoms with Crippen molar-refractivity contribution < 1.29 is 14.0 Å². The van der Waals surface area contributed by atoms with Crippen LogP contribution in [0, 0.1) is 5.92 Å². The molecule has 1 fully saturated rings. The van der Waals surface area contributed by atoms with E-state index in [1.54, 1.807) is 12.1 Å². The molecular weight excluding hydrogens is 304 g/mol. The van der Waals surface area contributed by atoms with Gasteiger partial charge in [-0.2, -0.15) is 0 Å². The summed E-state index contributed by atoms with van der Waals surface area (Å²) < 4.78 is 5.11. The number of anilines is 2. The van der Waals surface area contributed by atoms with Gasteiger partial charge in [0.1, 0.15) is 0 Å². The van der Waals surface area contributed by atoms with Crippen LogP contribution in [0.25, 0.3) is 0 Å². The average Bonchev–Trinajstić information content (AvgIpc) is 3.33. The number of nitrogens with one attached hydrogen (secondary N) is 1. The Morgan fingerprint density at radius 1 is 1.17 bits per heavy atom. The molecule has 1 saturated carbocycles. The number of furan rings is 1. The molecule has 0 bridgehead atoms. The summed E-state index contributed by atoms with van der Waals surface area (Å²) in [7, 11) is 0. The Bertz CT molecular complexity index is 761. The van der Waals surface area contributed by atoms with Crippen molar-refractivity contribution >= 4 is 23.2 Å². The first-order valence-corrected chi connectivity index (χ1v) is 8.51. The summed E-state index contributed by atoms with van der Waals surface area (Å²) >= 11 is 0. The molecule has 5 nitrogen and oxygen atoms in total. The standard InChI is InChI=1S/C19H20N2O3/c22-18(17-6-3-11-24-17)20-15-8-7-13-9-10-21(16(13)12-15)19(23)14-4-1-2-5-14/h3,6-8,11-12,14H,1-2,4-5,9-10H2,(H,20,22). The number of benzene rings is 1. The Kier molecular flexibility index (Phi) is 3.84. The van der Waals surface area contributed by atoms with Gasteiger partial charge < -0.3 is 14.6 Å². The third-order valence-electron chi connectivity index (χ3n) is 4.95. The Morgan fingerprint density at radius 2 is 2.00 bits per heavy atom. The molecule has 1 N–H and O–H groups in total. The van der Waals surface area contributed by atoms with Crippen molar-refractivity contribution in [2.75, 3.05) is 16.8 Å². The molecule has 2 amide bonds. The number of amides is 2. The van der Waals surface area contributed by atoms with Crippen molar-refractivity contribution in [1.82, 2.24) is 0 Å². The van der Waals surface area contributed by atoms with Crippen LogP contribution in [0.3, 0.4) is 0 Å². The molecule has 0 atom stereocenters. The second-order valence-electron chi connectivity index (χ2n) is 6.50. The van der Waals surface area contributed by atoms with E-state index in [0.29, 0.717) is 5.69 Å². The molecule has 24 heavy (non-hydrogen) atoms. The van der Waals surface area contributed by atoms with Crippen LogP contribution in [-0.2, 0) is 11.2 Å². The van der Waals surface area contributed by atoms with Crippen LogP contribution in [0.4, 0.5) is 11.4 Å². The SMILES string of the molecule is O=C(Nc1ccc2c(c1)N(C(=O)C1CCCC1)CC2)c1ccco1. The van der Waals surface area contributed by atoms with Crippen LogP contribution in [0.15, 0.2) is 41.0 Å². The van der Waals surface area contributed by atoms with Crippen LogP contribution in [0.2, 0.25) is 0 Å². The molecule has 124 valence electrons. The molecule has 1 aliphatic carbocycles. The summed E-state index contributed by atoms with van der Waals surface area (Å²) in [6, 6.07) is 9.08. The average molecular weight is 324 g/mol. The first kappa shape index (κ1) is 15.0. The zero-order valence-corrected chi connectivity index (χ0v) is 13.5. The molecular formula is C19H20N2O3. The van der Waals surface area contributed by atoms with Crippen molar-refractivity contribution in [2.24, 2.45) is 5.92 Å².